The fourth-order valence-corrected chi connectivity index (χ4v) is 3.28. The van der Waals surface area contributed by atoms with Crippen molar-refractivity contribution in [3.05, 3.63) is 72.4 Å². The molecule has 0 bridgehead atoms. The second kappa shape index (κ2) is 11.2. The van der Waals surface area contributed by atoms with Gasteiger partial charge in [0.15, 0.2) is 0 Å². The molecule has 2 amide bonds. The van der Waals surface area contributed by atoms with E-state index in [1.165, 1.54) is 0 Å². The summed E-state index contributed by atoms with van der Waals surface area (Å²) >= 11 is 0. The van der Waals surface area contributed by atoms with Crippen LogP contribution in [0, 0.1) is 0 Å². The van der Waals surface area contributed by atoms with Gasteiger partial charge in [-0.2, -0.15) is 0 Å². The lowest BCUT2D eigenvalue weighted by molar-refractivity contribution is 0.00545. The molecule has 186 valence electrons. The molecule has 3 rings (SSSR count). The van der Waals surface area contributed by atoms with Gasteiger partial charge in [0.2, 0.25) is 5.88 Å². The fourth-order valence-electron chi connectivity index (χ4n) is 3.28. The molecular formula is C28H35N3O4. The highest BCUT2D eigenvalue weighted by Gasteiger charge is 2.20. The summed E-state index contributed by atoms with van der Waals surface area (Å²) in [4.78, 5) is 17.0. The van der Waals surface area contributed by atoms with Gasteiger partial charge in [-0.15, -0.1) is 0 Å². The SMILES string of the molecule is COC(C)(C)CCOc1ccc(NC(=O)Nc2cccnc2Oc2ccccc2C(C)(C)C)cc1. The minimum Gasteiger partial charge on any atom is -0.493 e. The Hall–Kier alpha value is -3.58. The summed E-state index contributed by atoms with van der Waals surface area (Å²) in [6, 6.07) is 18.1. The highest BCUT2D eigenvalue weighted by molar-refractivity contribution is 6.00. The van der Waals surface area contributed by atoms with Crippen LogP contribution in [0.4, 0.5) is 16.2 Å². The van der Waals surface area contributed by atoms with Gasteiger partial charge in [-0.05, 0) is 61.7 Å². The van der Waals surface area contributed by atoms with Crippen molar-refractivity contribution in [3.63, 3.8) is 0 Å². The van der Waals surface area contributed by atoms with Gasteiger partial charge in [0.1, 0.15) is 17.2 Å². The van der Waals surface area contributed by atoms with Crippen molar-refractivity contribution in [2.24, 2.45) is 0 Å². The Morgan fingerprint density at radius 3 is 2.31 bits per heavy atom. The minimum absolute atomic E-state index is 0.105. The molecule has 0 radical (unpaired) electrons. The van der Waals surface area contributed by atoms with Crippen LogP contribution in [0.1, 0.15) is 46.6 Å². The van der Waals surface area contributed by atoms with Gasteiger partial charge in [0.25, 0.3) is 0 Å². The topological polar surface area (TPSA) is 81.7 Å². The Bertz CT molecular complexity index is 1120. The third-order valence-electron chi connectivity index (χ3n) is 5.56. The van der Waals surface area contributed by atoms with E-state index in [9.17, 15) is 4.79 Å². The molecule has 0 saturated heterocycles. The van der Waals surface area contributed by atoms with E-state index in [4.69, 9.17) is 14.2 Å². The van der Waals surface area contributed by atoms with Crippen LogP contribution in [0.25, 0.3) is 0 Å². The van der Waals surface area contributed by atoms with Gasteiger partial charge in [-0.1, -0.05) is 39.0 Å². The van der Waals surface area contributed by atoms with Crippen molar-refractivity contribution in [1.29, 1.82) is 0 Å². The highest BCUT2D eigenvalue weighted by Crippen LogP contribution is 2.35. The van der Waals surface area contributed by atoms with Crippen molar-refractivity contribution in [1.82, 2.24) is 4.98 Å². The molecule has 0 aliphatic rings. The van der Waals surface area contributed by atoms with Crippen molar-refractivity contribution in [2.45, 2.75) is 52.1 Å². The number of urea groups is 1. The fraction of sp³-hybridized carbons (Fsp3) is 0.357. The van der Waals surface area contributed by atoms with E-state index in [0.29, 0.717) is 29.6 Å². The number of nitrogens with zero attached hydrogens (tertiary/aromatic N) is 1. The molecule has 0 spiro atoms. The van der Waals surface area contributed by atoms with Crippen LogP contribution in [0.3, 0.4) is 0 Å². The molecule has 1 aromatic heterocycles. The number of carbonyl (C=O) groups is 1. The first-order chi connectivity index (χ1) is 16.6. The molecule has 35 heavy (non-hydrogen) atoms. The van der Waals surface area contributed by atoms with Crippen LogP contribution in [0.2, 0.25) is 0 Å². The quantitative estimate of drug-likeness (QED) is 0.346. The molecule has 2 aromatic carbocycles. The number of methoxy groups -OCH3 is 1. The Labute approximate surface area is 207 Å². The smallest absolute Gasteiger partial charge is 0.323 e. The van der Waals surface area contributed by atoms with E-state index in [0.717, 1.165) is 17.7 Å². The molecule has 0 atom stereocenters. The molecule has 0 aliphatic heterocycles. The highest BCUT2D eigenvalue weighted by atomic mass is 16.5. The minimum atomic E-state index is -0.400. The predicted octanol–water partition coefficient (Wildman–Crippen LogP) is 7.01. The summed E-state index contributed by atoms with van der Waals surface area (Å²) in [7, 11) is 1.69. The summed E-state index contributed by atoms with van der Waals surface area (Å²) in [5, 5.41) is 5.65. The lowest BCUT2D eigenvalue weighted by atomic mass is 9.86. The average molecular weight is 478 g/mol. The molecule has 7 heteroatoms. The number of para-hydroxylation sites is 1. The number of pyridine rings is 1. The van der Waals surface area contributed by atoms with Crippen LogP contribution in [-0.2, 0) is 10.2 Å². The molecule has 7 nitrogen and oxygen atoms in total. The van der Waals surface area contributed by atoms with Gasteiger partial charge in [-0.25, -0.2) is 9.78 Å². The molecule has 2 N–H and O–H groups in total. The molecule has 0 saturated carbocycles. The second-order valence-corrected chi connectivity index (χ2v) is 9.87. The number of ether oxygens (including phenoxy) is 3. The third kappa shape index (κ3) is 7.72. The Kier molecular flexibility index (Phi) is 8.35. The summed E-state index contributed by atoms with van der Waals surface area (Å²) in [6.45, 7) is 10.9. The molecular weight excluding hydrogens is 442 g/mol. The first-order valence-electron chi connectivity index (χ1n) is 11.7. The van der Waals surface area contributed by atoms with Crippen LogP contribution in [-0.4, -0.2) is 30.3 Å². The normalized spacial score (nSPS) is 11.6. The number of aromatic nitrogens is 1. The Morgan fingerprint density at radius 1 is 0.914 bits per heavy atom. The largest absolute Gasteiger partial charge is 0.493 e. The third-order valence-corrected chi connectivity index (χ3v) is 5.56. The van der Waals surface area contributed by atoms with E-state index >= 15 is 0 Å². The van der Waals surface area contributed by atoms with Crippen LogP contribution >= 0.6 is 0 Å². The molecule has 3 aromatic rings. The van der Waals surface area contributed by atoms with Crippen LogP contribution < -0.4 is 20.1 Å². The van der Waals surface area contributed by atoms with E-state index in [-0.39, 0.29) is 11.0 Å². The molecule has 0 aliphatic carbocycles. The number of hydrogen-bond donors (Lipinski definition) is 2. The number of hydrogen-bond acceptors (Lipinski definition) is 5. The van der Waals surface area contributed by atoms with Crippen molar-refractivity contribution in [3.8, 4) is 17.4 Å². The maximum Gasteiger partial charge on any atom is 0.323 e. The lowest BCUT2D eigenvalue weighted by Crippen LogP contribution is -2.25. The zero-order valence-corrected chi connectivity index (χ0v) is 21.3. The second-order valence-electron chi connectivity index (χ2n) is 9.87. The summed E-state index contributed by atoms with van der Waals surface area (Å²) < 4.78 is 17.3. The number of nitrogens with one attached hydrogen (secondary N) is 2. The van der Waals surface area contributed by atoms with E-state index in [1.807, 2.05) is 50.2 Å². The Morgan fingerprint density at radius 2 is 1.63 bits per heavy atom. The number of rotatable bonds is 9. The average Bonchev–Trinajstić information content (AvgIpc) is 2.81. The molecule has 1 heterocycles. The standard InChI is InChI=1S/C28H35N3O4/c1-27(2,3)22-10-7-8-12-24(22)35-25-23(11-9-18-29-25)31-26(32)30-20-13-15-21(16-14-20)34-19-17-28(4,5)33-6/h7-16,18H,17,19H2,1-6H3,(H2,30,31,32). The zero-order valence-electron chi connectivity index (χ0n) is 21.3. The summed E-state index contributed by atoms with van der Waals surface area (Å²) in [6.07, 6.45) is 2.40. The van der Waals surface area contributed by atoms with Gasteiger partial charge in [0.05, 0.1) is 12.2 Å². The van der Waals surface area contributed by atoms with Gasteiger partial charge >= 0.3 is 6.03 Å². The monoisotopic (exact) mass is 477 g/mol. The van der Waals surface area contributed by atoms with E-state index < -0.39 is 6.03 Å². The molecule has 0 unspecified atom stereocenters. The zero-order chi connectivity index (χ0) is 25.5. The Balaban J connectivity index is 1.62. The lowest BCUT2D eigenvalue weighted by Gasteiger charge is -2.22. The maximum atomic E-state index is 12.7. The number of anilines is 2. The van der Waals surface area contributed by atoms with Crippen LogP contribution in [0.5, 0.6) is 17.4 Å². The summed E-state index contributed by atoms with van der Waals surface area (Å²) in [5.74, 6) is 1.75. The van der Waals surface area contributed by atoms with Crippen molar-refractivity contribution >= 4 is 17.4 Å². The maximum absolute atomic E-state index is 12.7. The van der Waals surface area contributed by atoms with E-state index in [2.05, 4.69) is 36.4 Å². The first kappa shape index (κ1) is 26.0. The summed E-state index contributed by atoms with van der Waals surface area (Å²) in [5.41, 5.74) is 1.82. The van der Waals surface area contributed by atoms with Crippen molar-refractivity contribution < 1.29 is 19.0 Å². The first-order valence-corrected chi connectivity index (χ1v) is 11.7. The predicted molar refractivity (Wildman–Crippen MR) is 140 cm³/mol. The van der Waals surface area contributed by atoms with Crippen LogP contribution in [0.15, 0.2) is 66.9 Å². The van der Waals surface area contributed by atoms with Gasteiger partial charge in [0, 0.05) is 31.0 Å². The number of amides is 2. The number of benzene rings is 2. The number of carbonyl (C=O) groups excluding carboxylic acids is 1. The molecule has 0 fully saturated rings. The van der Waals surface area contributed by atoms with E-state index in [1.54, 1.807) is 37.6 Å². The van der Waals surface area contributed by atoms with Gasteiger partial charge in [-0.3, -0.25) is 0 Å². The van der Waals surface area contributed by atoms with Crippen molar-refractivity contribution in [2.75, 3.05) is 24.4 Å². The van der Waals surface area contributed by atoms with Gasteiger partial charge < -0.3 is 24.8 Å².